The van der Waals surface area contributed by atoms with Crippen LogP contribution in [0, 0.1) is 5.92 Å². The van der Waals surface area contributed by atoms with E-state index in [0.717, 1.165) is 5.56 Å². The zero-order valence-electron chi connectivity index (χ0n) is 11.1. The van der Waals surface area contributed by atoms with Crippen LogP contribution in [0.4, 0.5) is 0 Å². The summed E-state index contributed by atoms with van der Waals surface area (Å²) in [5.41, 5.74) is 0.895. The number of aliphatic hydroxyl groups excluding tert-OH is 1. The van der Waals surface area contributed by atoms with Gasteiger partial charge in [-0.3, -0.25) is 4.79 Å². The van der Waals surface area contributed by atoms with Gasteiger partial charge in [-0.15, -0.1) is 0 Å². The van der Waals surface area contributed by atoms with Crippen molar-refractivity contribution in [3.8, 4) is 0 Å². The zero-order chi connectivity index (χ0) is 14.4. The minimum Gasteiger partial charge on any atom is -0.394 e. The third-order valence-electron chi connectivity index (χ3n) is 2.98. The maximum Gasteiger partial charge on any atom is 0.220 e. The van der Waals surface area contributed by atoms with Crippen molar-refractivity contribution in [1.82, 2.24) is 5.32 Å². The lowest BCUT2D eigenvalue weighted by Crippen LogP contribution is -2.41. The van der Waals surface area contributed by atoms with Gasteiger partial charge in [0, 0.05) is 16.5 Å². The first kappa shape index (κ1) is 16.3. The molecule has 19 heavy (non-hydrogen) atoms. The Labute approximate surface area is 123 Å². The van der Waals surface area contributed by atoms with Crippen molar-refractivity contribution >= 4 is 29.1 Å². The predicted octanol–water partition coefficient (Wildman–Crippen LogP) is 3.06. The van der Waals surface area contributed by atoms with Gasteiger partial charge >= 0.3 is 0 Å². The molecule has 1 aromatic carbocycles. The third-order valence-corrected chi connectivity index (χ3v) is 3.57. The van der Waals surface area contributed by atoms with Crippen LogP contribution < -0.4 is 5.32 Å². The third kappa shape index (κ3) is 5.39. The number of benzene rings is 1. The largest absolute Gasteiger partial charge is 0.394 e. The Morgan fingerprint density at radius 1 is 1.37 bits per heavy atom. The Balaban J connectivity index is 2.50. The lowest BCUT2D eigenvalue weighted by Gasteiger charge is -2.19. The maximum atomic E-state index is 11.8. The van der Waals surface area contributed by atoms with Crippen LogP contribution in [0.1, 0.15) is 25.8 Å². The highest BCUT2D eigenvalue weighted by molar-refractivity contribution is 6.35. The number of hydrogen-bond acceptors (Lipinski definition) is 2. The first-order chi connectivity index (χ1) is 8.93. The average Bonchev–Trinajstić information content (AvgIpc) is 2.34. The molecule has 0 aliphatic heterocycles. The molecule has 0 aromatic heterocycles. The lowest BCUT2D eigenvalue weighted by molar-refractivity contribution is -0.122. The lowest BCUT2D eigenvalue weighted by atomic mass is 10.0. The molecule has 0 aliphatic rings. The number of carbonyl (C=O) groups is 1. The first-order valence-corrected chi connectivity index (χ1v) is 7.03. The second-order valence-corrected chi connectivity index (χ2v) is 5.68. The molecule has 0 spiro atoms. The number of halogens is 2. The number of rotatable bonds is 6. The van der Waals surface area contributed by atoms with Crippen LogP contribution in [0.2, 0.25) is 10.0 Å². The van der Waals surface area contributed by atoms with Gasteiger partial charge in [-0.05, 0) is 30.0 Å². The summed E-state index contributed by atoms with van der Waals surface area (Å²) in [6.07, 6.45) is 0.892. The van der Waals surface area contributed by atoms with Gasteiger partial charge in [0.05, 0.1) is 12.6 Å². The van der Waals surface area contributed by atoms with Gasteiger partial charge in [0.25, 0.3) is 0 Å². The molecule has 1 unspecified atom stereocenters. The fraction of sp³-hybridized carbons (Fsp3) is 0.500. The quantitative estimate of drug-likeness (QED) is 0.848. The van der Waals surface area contributed by atoms with Crippen LogP contribution in [-0.4, -0.2) is 23.7 Å². The van der Waals surface area contributed by atoms with Crippen molar-refractivity contribution in [3.05, 3.63) is 33.8 Å². The summed E-state index contributed by atoms with van der Waals surface area (Å²) < 4.78 is 0. The highest BCUT2D eigenvalue weighted by Crippen LogP contribution is 2.22. The van der Waals surface area contributed by atoms with Crippen LogP contribution in [0.5, 0.6) is 0 Å². The number of amides is 1. The van der Waals surface area contributed by atoms with Crippen molar-refractivity contribution in [3.63, 3.8) is 0 Å². The molecular weight excluding hydrogens is 285 g/mol. The molecular formula is C14H19Cl2NO2. The van der Waals surface area contributed by atoms with Crippen LogP contribution in [0.25, 0.3) is 0 Å². The van der Waals surface area contributed by atoms with Crippen molar-refractivity contribution in [1.29, 1.82) is 0 Å². The Bertz CT molecular complexity index is 435. The summed E-state index contributed by atoms with van der Waals surface area (Å²) in [5, 5.41) is 13.1. The molecule has 3 nitrogen and oxygen atoms in total. The van der Waals surface area contributed by atoms with Crippen LogP contribution in [0.3, 0.4) is 0 Å². The van der Waals surface area contributed by atoms with Crippen molar-refractivity contribution in [2.45, 2.75) is 32.7 Å². The Morgan fingerprint density at radius 3 is 2.58 bits per heavy atom. The summed E-state index contributed by atoms with van der Waals surface area (Å²) in [6.45, 7) is 3.86. The summed E-state index contributed by atoms with van der Waals surface area (Å²) in [5.74, 6) is 0.117. The topological polar surface area (TPSA) is 49.3 Å². The van der Waals surface area contributed by atoms with Gasteiger partial charge in [0.15, 0.2) is 0 Å². The van der Waals surface area contributed by atoms with E-state index in [1.54, 1.807) is 12.1 Å². The van der Waals surface area contributed by atoms with Crippen LogP contribution in [-0.2, 0) is 11.2 Å². The second-order valence-electron chi connectivity index (χ2n) is 4.84. The summed E-state index contributed by atoms with van der Waals surface area (Å²) >= 11 is 11.9. The maximum absolute atomic E-state index is 11.8. The van der Waals surface area contributed by atoms with E-state index >= 15 is 0 Å². The van der Waals surface area contributed by atoms with Gasteiger partial charge in [-0.1, -0.05) is 43.1 Å². The Hall–Kier alpha value is -0.770. The molecule has 1 rings (SSSR count). The van der Waals surface area contributed by atoms with E-state index in [2.05, 4.69) is 5.32 Å². The van der Waals surface area contributed by atoms with Gasteiger partial charge in [-0.25, -0.2) is 0 Å². The molecule has 0 fully saturated rings. The monoisotopic (exact) mass is 303 g/mol. The molecule has 0 bridgehead atoms. The Morgan fingerprint density at radius 2 is 2.05 bits per heavy atom. The van der Waals surface area contributed by atoms with E-state index < -0.39 is 0 Å². The fourth-order valence-electron chi connectivity index (χ4n) is 1.67. The van der Waals surface area contributed by atoms with Gasteiger partial charge in [0.2, 0.25) is 5.91 Å². The van der Waals surface area contributed by atoms with Crippen molar-refractivity contribution in [2.75, 3.05) is 6.61 Å². The molecule has 106 valence electrons. The van der Waals surface area contributed by atoms with Gasteiger partial charge < -0.3 is 10.4 Å². The smallest absolute Gasteiger partial charge is 0.220 e. The minimum absolute atomic E-state index is 0.0505. The predicted molar refractivity (Wildman–Crippen MR) is 78.6 cm³/mol. The number of carbonyl (C=O) groups excluding carboxylic acids is 1. The molecule has 1 atom stereocenters. The van der Waals surface area contributed by atoms with Gasteiger partial charge in [-0.2, -0.15) is 0 Å². The number of aryl methyl sites for hydroxylation is 1. The minimum atomic E-state index is -0.201. The molecule has 5 heteroatoms. The van der Waals surface area contributed by atoms with Crippen LogP contribution in [0.15, 0.2) is 18.2 Å². The second kappa shape index (κ2) is 7.73. The molecule has 1 aromatic rings. The van der Waals surface area contributed by atoms with E-state index in [1.165, 1.54) is 0 Å². The zero-order valence-corrected chi connectivity index (χ0v) is 12.6. The van der Waals surface area contributed by atoms with E-state index in [9.17, 15) is 4.79 Å². The molecule has 0 saturated heterocycles. The normalized spacial score (nSPS) is 12.5. The molecule has 1 amide bonds. The Kier molecular flexibility index (Phi) is 6.63. The van der Waals surface area contributed by atoms with E-state index in [0.29, 0.717) is 22.9 Å². The first-order valence-electron chi connectivity index (χ1n) is 6.28. The summed E-state index contributed by atoms with van der Waals surface area (Å²) in [7, 11) is 0. The summed E-state index contributed by atoms with van der Waals surface area (Å²) in [4.78, 5) is 11.8. The molecule has 0 radical (unpaired) electrons. The van der Waals surface area contributed by atoms with Crippen LogP contribution >= 0.6 is 23.2 Å². The average molecular weight is 304 g/mol. The molecule has 0 aliphatic carbocycles. The fourth-order valence-corrected chi connectivity index (χ4v) is 2.18. The van der Waals surface area contributed by atoms with E-state index in [1.807, 2.05) is 19.9 Å². The van der Waals surface area contributed by atoms with E-state index in [-0.39, 0.29) is 24.5 Å². The number of hydrogen-bond donors (Lipinski definition) is 2. The number of aliphatic hydroxyl groups is 1. The molecule has 0 heterocycles. The number of nitrogens with one attached hydrogen (secondary N) is 1. The molecule has 0 saturated carbocycles. The standard InChI is InChI=1S/C14H19Cl2NO2/c1-9(2)13(8-18)17-14(19)6-4-10-3-5-11(15)7-12(10)16/h3,5,7,9,13,18H,4,6,8H2,1-2H3,(H,17,19). The SMILES string of the molecule is CC(C)C(CO)NC(=O)CCc1ccc(Cl)cc1Cl. The highest BCUT2D eigenvalue weighted by atomic mass is 35.5. The van der Waals surface area contributed by atoms with Crippen molar-refractivity contribution in [2.24, 2.45) is 5.92 Å². The van der Waals surface area contributed by atoms with E-state index in [4.69, 9.17) is 28.3 Å². The molecule has 2 N–H and O–H groups in total. The summed E-state index contributed by atoms with van der Waals surface area (Å²) in [6, 6.07) is 5.05. The van der Waals surface area contributed by atoms with Gasteiger partial charge in [0.1, 0.15) is 0 Å². The highest BCUT2D eigenvalue weighted by Gasteiger charge is 2.15. The van der Waals surface area contributed by atoms with Crippen molar-refractivity contribution < 1.29 is 9.90 Å².